The van der Waals surface area contributed by atoms with Crippen molar-refractivity contribution in [1.82, 2.24) is 8.87 Å². The van der Waals surface area contributed by atoms with Crippen molar-refractivity contribution in [2.24, 2.45) is 0 Å². The highest BCUT2D eigenvalue weighted by molar-refractivity contribution is 7.90. The Labute approximate surface area is 165 Å². The van der Waals surface area contributed by atoms with Crippen LogP contribution in [-0.2, 0) is 10.0 Å². The van der Waals surface area contributed by atoms with Crippen LogP contribution in [0.3, 0.4) is 0 Å². The molecule has 0 atom stereocenters. The minimum absolute atomic E-state index is 0.103. The van der Waals surface area contributed by atoms with Crippen molar-refractivity contribution in [2.45, 2.75) is 4.90 Å². The predicted molar refractivity (Wildman–Crippen MR) is 108 cm³/mol. The minimum atomic E-state index is -3.85. The van der Waals surface area contributed by atoms with Crippen molar-refractivity contribution in [3.63, 3.8) is 0 Å². The lowest BCUT2D eigenvalue weighted by molar-refractivity contribution is 0.263. The number of methoxy groups -OCH3 is 2. The molecule has 150 valence electrons. The van der Waals surface area contributed by atoms with Gasteiger partial charge in [-0.25, -0.2) is 12.4 Å². The third-order valence-corrected chi connectivity index (χ3v) is 6.02. The largest absolute Gasteiger partial charge is 0.493 e. The normalized spacial score (nSPS) is 11.8. The van der Waals surface area contributed by atoms with Gasteiger partial charge in [0.2, 0.25) is 0 Å². The van der Waals surface area contributed by atoms with Crippen molar-refractivity contribution in [2.75, 3.05) is 41.5 Å². The highest BCUT2D eigenvalue weighted by atomic mass is 32.2. The number of likely N-dealkylation sites (N-methyl/N-ethyl adjacent to an activating group) is 1. The number of ether oxygens (including phenoxy) is 3. The molecule has 1 heterocycles. The molecule has 2 aromatic carbocycles. The topological polar surface area (TPSA) is 70.0 Å². The summed E-state index contributed by atoms with van der Waals surface area (Å²) < 4.78 is 44.2. The Morgan fingerprint density at radius 3 is 2.36 bits per heavy atom. The zero-order valence-electron chi connectivity index (χ0n) is 16.4. The van der Waals surface area contributed by atoms with Crippen LogP contribution in [0.15, 0.2) is 53.6 Å². The molecular weight excluding hydrogens is 380 g/mol. The fraction of sp³-hybridized carbons (Fsp3) is 0.300. The van der Waals surface area contributed by atoms with Crippen LogP contribution in [0.1, 0.15) is 0 Å². The Morgan fingerprint density at radius 2 is 1.68 bits per heavy atom. The lowest BCUT2D eigenvalue weighted by Gasteiger charge is -2.11. The molecule has 1 aromatic heterocycles. The Morgan fingerprint density at radius 1 is 0.964 bits per heavy atom. The van der Waals surface area contributed by atoms with Gasteiger partial charge in [0.05, 0.1) is 30.8 Å². The van der Waals surface area contributed by atoms with Crippen molar-refractivity contribution >= 4 is 20.9 Å². The maximum absolute atomic E-state index is 13.3. The Hall–Kier alpha value is -2.71. The Kier molecular flexibility index (Phi) is 5.81. The summed E-state index contributed by atoms with van der Waals surface area (Å²) in [6, 6.07) is 11.8. The molecule has 0 spiro atoms. The average Bonchev–Trinajstić information content (AvgIpc) is 3.06. The van der Waals surface area contributed by atoms with E-state index in [4.69, 9.17) is 14.2 Å². The molecule has 0 amide bonds. The molecule has 3 aromatic rings. The molecule has 0 aliphatic rings. The predicted octanol–water partition coefficient (Wildman–Crippen LogP) is 2.84. The first-order valence-corrected chi connectivity index (χ1v) is 10.2. The van der Waals surface area contributed by atoms with E-state index in [2.05, 4.69) is 0 Å². The smallest absolute Gasteiger partial charge is 0.268 e. The van der Waals surface area contributed by atoms with E-state index < -0.39 is 10.0 Å². The molecule has 7 nitrogen and oxygen atoms in total. The van der Waals surface area contributed by atoms with Gasteiger partial charge in [0.25, 0.3) is 10.0 Å². The van der Waals surface area contributed by atoms with Crippen LogP contribution in [0.4, 0.5) is 0 Å². The monoisotopic (exact) mass is 404 g/mol. The molecule has 0 bridgehead atoms. The maximum atomic E-state index is 13.3. The highest BCUT2D eigenvalue weighted by Crippen LogP contribution is 2.34. The van der Waals surface area contributed by atoms with Crippen molar-refractivity contribution < 1.29 is 22.6 Å². The van der Waals surface area contributed by atoms with Crippen LogP contribution in [0.5, 0.6) is 17.2 Å². The molecule has 0 saturated carbocycles. The van der Waals surface area contributed by atoms with E-state index in [9.17, 15) is 8.42 Å². The first-order chi connectivity index (χ1) is 13.4. The zero-order valence-corrected chi connectivity index (χ0v) is 17.2. The van der Waals surface area contributed by atoms with Gasteiger partial charge in [-0.05, 0) is 38.4 Å². The third-order valence-electron chi connectivity index (χ3n) is 4.35. The zero-order chi connectivity index (χ0) is 20.3. The quantitative estimate of drug-likeness (QED) is 0.575. The molecule has 0 saturated heterocycles. The standard InChI is InChI=1S/C20H24N2O5S/c1-21(2)11-12-27-20-14-22(17-8-6-5-7-16(17)20)28(23,24)15-9-10-18(25-3)19(13-15)26-4/h5-10,13-14H,11-12H2,1-4H3. The molecule has 8 heteroatoms. The first kappa shape index (κ1) is 20.0. The summed E-state index contributed by atoms with van der Waals surface area (Å²) in [6.07, 6.45) is 1.52. The van der Waals surface area contributed by atoms with Crippen molar-refractivity contribution in [3.8, 4) is 17.2 Å². The molecule has 0 aliphatic heterocycles. The van der Waals surface area contributed by atoms with Gasteiger partial charge in [-0.1, -0.05) is 12.1 Å². The van der Waals surface area contributed by atoms with Crippen LogP contribution in [-0.4, -0.2) is 58.8 Å². The molecule has 28 heavy (non-hydrogen) atoms. The molecule has 0 aliphatic carbocycles. The SMILES string of the molecule is COc1ccc(S(=O)(=O)n2cc(OCCN(C)C)c3ccccc32)cc1OC. The lowest BCUT2D eigenvalue weighted by atomic mass is 10.2. The van der Waals surface area contributed by atoms with Crippen LogP contribution in [0, 0.1) is 0 Å². The van der Waals surface area contributed by atoms with Gasteiger partial charge in [0.15, 0.2) is 11.5 Å². The van der Waals surface area contributed by atoms with E-state index in [0.29, 0.717) is 29.4 Å². The van der Waals surface area contributed by atoms with Gasteiger partial charge < -0.3 is 19.1 Å². The molecule has 0 unspecified atom stereocenters. The highest BCUT2D eigenvalue weighted by Gasteiger charge is 2.23. The molecule has 0 radical (unpaired) electrons. The second-order valence-corrected chi connectivity index (χ2v) is 8.29. The van der Waals surface area contributed by atoms with E-state index >= 15 is 0 Å². The first-order valence-electron chi connectivity index (χ1n) is 8.73. The van der Waals surface area contributed by atoms with Crippen molar-refractivity contribution in [1.29, 1.82) is 0 Å². The summed E-state index contributed by atoms with van der Waals surface area (Å²) in [6.45, 7) is 1.18. The summed E-state index contributed by atoms with van der Waals surface area (Å²) in [5, 5.41) is 0.741. The number of rotatable bonds is 8. The number of hydrogen-bond acceptors (Lipinski definition) is 6. The van der Waals surface area contributed by atoms with Gasteiger partial charge in [-0.15, -0.1) is 0 Å². The number of para-hydroxylation sites is 1. The molecule has 0 fully saturated rings. The van der Waals surface area contributed by atoms with Crippen LogP contribution in [0.25, 0.3) is 10.9 Å². The third kappa shape index (κ3) is 3.79. The van der Waals surface area contributed by atoms with Gasteiger partial charge in [-0.3, -0.25) is 0 Å². The maximum Gasteiger partial charge on any atom is 0.268 e. The van der Waals surface area contributed by atoms with E-state index in [1.807, 2.05) is 31.1 Å². The Balaban J connectivity index is 2.07. The summed E-state index contributed by atoms with van der Waals surface area (Å²) >= 11 is 0. The van der Waals surface area contributed by atoms with Gasteiger partial charge in [-0.2, -0.15) is 0 Å². The van der Waals surface area contributed by atoms with Crippen LogP contribution in [0.2, 0.25) is 0 Å². The second kappa shape index (κ2) is 8.12. The van der Waals surface area contributed by atoms with Crippen LogP contribution >= 0.6 is 0 Å². The summed E-state index contributed by atoms with van der Waals surface area (Å²) in [5.41, 5.74) is 0.553. The fourth-order valence-corrected chi connectivity index (χ4v) is 4.24. The summed E-state index contributed by atoms with van der Waals surface area (Å²) in [5.74, 6) is 1.34. The molecule has 0 N–H and O–H groups in total. The van der Waals surface area contributed by atoms with E-state index in [0.717, 1.165) is 11.9 Å². The second-order valence-electron chi connectivity index (χ2n) is 6.48. The van der Waals surface area contributed by atoms with Gasteiger partial charge in [0.1, 0.15) is 12.4 Å². The minimum Gasteiger partial charge on any atom is -0.493 e. The van der Waals surface area contributed by atoms with E-state index in [1.165, 1.54) is 36.5 Å². The number of hydrogen-bond donors (Lipinski definition) is 0. The molecular formula is C20H24N2O5S. The number of benzene rings is 2. The fourth-order valence-electron chi connectivity index (χ4n) is 2.86. The van der Waals surface area contributed by atoms with Crippen molar-refractivity contribution in [3.05, 3.63) is 48.7 Å². The van der Waals surface area contributed by atoms with Gasteiger partial charge in [0, 0.05) is 18.0 Å². The van der Waals surface area contributed by atoms with Gasteiger partial charge >= 0.3 is 0 Å². The number of nitrogens with zero attached hydrogens (tertiary/aromatic N) is 2. The number of aromatic nitrogens is 1. The average molecular weight is 404 g/mol. The molecule has 3 rings (SSSR count). The Bertz CT molecular complexity index is 1070. The summed E-state index contributed by atoms with van der Waals surface area (Å²) in [4.78, 5) is 2.10. The van der Waals surface area contributed by atoms with E-state index in [-0.39, 0.29) is 4.90 Å². The lowest BCUT2D eigenvalue weighted by Crippen LogP contribution is -2.19. The van der Waals surface area contributed by atoms with E-state index in [1.54, 1.807) is 18.2 Å². The van der Waals surface area contributed by atoms with Crippen LogP contribution < -0.4 is 14.2 Å². The number of fused-ring (bicyclic) bond motifs is 1. The summed E-state index contributed by atoms with van der Waals surface area (Å²) in [7, 11) is 3.02.